The number of ether oxygens (including phenoxy) is 5. The minimum absolute atomic E-state index is 0.266. The third kappa shape index (κ3) is 5.60. The van der Waals surface area contributed by atoms with Crippen molar-refractivity contribution in [3.63, 3.8) is 0 Å². The van der Waals surface area contributed by atoms with Gasteiger partial charge in [-0.2, -0.15) is 9.97 Å². The Morgan fingerprint density at radius 2 is 1.36 bits per heavy atom. The number of aromatic nitrogens is 2. The molecule has 1 saturated heterocycles. The summed E-state index contributed by atoms with van der Waals surface area (Å²) in [6, 6.07) is 21.9. The van der Waals surface area contributed by atoms with Crippen LogP contribution in [-0.4, -0.2) is 50.5 Å². The predicted molar refractivity (Wildman–Crippen MR) is 137 cm³/mol. The van der Waals surface area contributed by atoms with E-state index in [1.54, 1.807) is 14.2 Å². The standard InChI is InChI=1S/C28H29N3O5/c1-32-23-8-3-20(4-9-23)18-35-27-25-12-7-22(31-13-15-34-16-14-31)17-26(25)29-28(30-27)36-19-21-5-10-24(33-2)11-6-21/h3-12,17H,13-16,18-19H2,1-2H3. The van der Waals surface area contributed by atoms with Crippen molar-refractivity contribution in [2.75, 3.05) is 45.4 Å². The zero-order valence-electron chi connectivity index (χ0n) is 20.5. The summed E-state index contributed by atoms with van der Waals surface area (Å²) < 4.78 is 28.1. The number of morpholine rings is 1. The first-order valence-corrected chi connectivity index (χ1v) is 11.9. The minimum Gasteiger partial charge on any atom is -0.497 e. The van der Waals surface area contributed by atoms with Crippen LogP contribution in [0.1, 0.15) is 11.1 Å². The second-order valence-electron chi connectivity index (χ2n) is 8.39. The van der Waals surface area contributed by atoms with Gasteiger partial charge in [-0.1, -0.05) is 24.3 Å². The lowest BCUT2D eigenvalue weighted by atomic mass is 10.2. The number of methoxy groups -OCH3 is 2. The predicted octanol–water partition coefficient (Wildman–Crippen LogP) is 4.64. The van der Waals surface area contributed by atoms with Crippen LogP contribution in [0.15, 0.2) is 66.7 Å². The van der Waals surface area contributed by atoms with E-state index in [1.165, 1.54) is 0 Å². The molecule has 1 aliphatic rings. The van der Waals surface area contributed by atoms with Crippen molar-refractivity contribution >= 4 is 16.6 Å². The molecule has 186 valence electrons. The molecule has 0 N–H and O–H groups in total. The third-order valence-electron chi connectivity index (χ3n) is 6.06. The van der Waals surface area contributed by atoms with Crippen molar-refractivity contribution in [2.24, 2.45) is 0 Å². The van der Waals surface area contributed by atoms with Gasteiger partial charge in [-0.05, 0) is 53.6 Å². The highest BCUT2D eigenvalue weighted by Gasteiger charge is 2.16. The Balaban J connectivity index is 1.41. The fourth-order valence-electron chi connectivity index (χ4n) is 4.00. The largest absolute Gasteiger partial charge is 0.497 e. The number of nitrogens with zero attached hydrogens (tertiary/aromatic N) is 3. The Kier molecular flexibility index (Phi) is 7.33. The quantitative estimate of drug-likeness (QED) is 0.338. The van der Waals surface area contributed by atoms with Crippen molar-refractivity contribution in [1.29, 1.82) is 0 Å². The first-order chi connectivity index (χ1) is 17.7. The highest BCUT2D eigenvalue weighted by Crippen LogP contribution is 2.30. The van der Waals surface area contributed by atoms with Gasteiger partial charge in [0.1, 0.15) is 24.7 Å². The fraction of sp³-hybridized carbons (Fsp3) is 0.286. The molecule has 8 nitrogen and oxygen atoms in total. The SMILES string of the molecule is COc1ccc(COc2nc(OCc3ccc(OC)cc3)c3ccc(N4CCOCC4)cc3n2)cc1. The van der Waals surface area contributed by atoms with E-state index in [0.717, 1.165) is 52.3 Å². The average molecular weight is 488 g/mol. The summed E-state index contributed by atoms with van der Waals surface area (Å²) in [6.07, 6.45) is 0. The molecule has 8 heteroatoms. The molecule has 0 bridgehead atoms. The lowest BCUT2D eigenvalue weighted by molar-refractivity contribution is 0.122. The average Bonchev–Trinajstić information content (AvgIpc) is 2.95. The molecule has 1 aromatic heterocycles. The van der Waals surface area contributed by atoms with Crippen LogP contribution in [-0.2, 0) is 18.0 Å². The van der Waals surface area contributed by atoms with Gasteiger partial charge >= 0.3 is 6.01 Å². The lowest BCUT2D eigenvalue weighted by Crippen LogP contribution is -2.36. The van der Waals surface area contributed by atoms with Crippen LogP contribution >= 0.6 is 0 Å². The number of benzene rings is 3. The maximum Gasteiger partial charge on any atom is 0.320 e. The van der Waals surface area contributed by atoms with Crippen LogP contribution in [0.5, 0.6) is 23.4 Å². The molecule has 0 unspecified atom stereocenters. The smallest absolute Gasteiger partial charge is 0.320 e. The summed E-state index contributed by atoms with van der Waals surface area (Å²) in [5.74, 6) is 2.08. The van der Waals surface area contributed by atoms with Crippen LogP contribution in [0.25, 0.3) is 10.9 Å². The van der Waals surface area contributed by atoms with E-state index in [9.17, 15) is 0 Å². The topological polar surface area (TPSA) is 75.2 Å². The molecule has 4 aromatic rings. The molecule has 5 rings (SSSR count). The number of hydrogen-bond acceptors (Lipinski definition) is 8. The van der Waals surface area contributed by atoms with Gasteiger partial charge in [0.15, 0.2) is 0 Å². The second-order valence-corrected chi connectivity index (χ2v) is 8.39. The van der Waals surface area contributed by atoms with Gasteiger partial charge in [0.05, 0.1) is 38.3 Å². The van der Waals surface area contributed by atoms with Crippen LogP contribution in [0, 0.1) is 0 Å². The van der Waals surface area contributed by atoms with Crippen LogP contribution in [0.2, 0.25) is 0 Å². The van der Waals surface area contributed by atoms with Gasteiger partial charge in [-0.15, -0.1) is 0 Å². The van der Waals surface area contributed by atoms with Gasteiger partial charge < -0.3 is 28.6 Å². The maximum atomic E-state index is 6.17. The summed E-state index contributed by atoms with van der Waals surface area (Å²) in [5.41, 5.74) is 3.85. The minimum atomic E-state index is 0.266. The van der Waals surface area contributed by atoms with Crippen molar-refractivity contribution in [1.82, 2.24) is 9.97 Å². The van der Waals surface area contributed by atoms with Crippen LogP contribution < -0.4 is 23.8 Å². The lowest BCUT2D eigenvalue weighted by Gasteiger charge is -2.29. The Bertz CT molecular complexity index is 1290. The number of rotatable bonds is 9. The van der Waals surface area contributed by atoms with E-state index in [2.05, 4.69) is 22.0 Å². The molecule has 0 saturated carbocycles. The van der Waals surface area contributed by atoms with E-state index in [0.29, 0.717) is 32.3 Å². The molecular formula is C28H29N3O5. The molecule has 3 aromatic carbocycles. The van der Waals surface area contributed by atoms with Crippen LogP contribution in [0.3, 0.4) is 0 Å². The maximum absolute atomic E-state index is 6.17. The molecule has 1 aliphatic heterocycles. The Morgan fingerprint density at radius 1 is 0.750 bits per heavy atom. The molecule has 0 spiro atoms. The Hall–Kier alpha value is -4.04. The fourth-order valence-corrected chi connectivity index (χ4v) is 4.00. The van der Waals surface area contributed by atoms with Gasteiger partial charge in [0, 0.05) is 18.8 Å². The number of fused-ring (bicyclic) bond motifs is 1. The van der Waals surface area contributed by atoms with Gasteiger partial charge in [0.25, 0.3) is 0 Å². The van der Waals surface area contributed by atoms with E-state index in [1.807, 2.05) is 54.6 Å². The van der Waals surface area contributed by atoms with Gasteiger partial charge in [-0.25, -0.2) is 0 Å². The zero-order valence-corrected chi connectivity index (χ0v) is 20.5. The highest BCUT2D eigenvalue weighted by atomic mass is 16.5. The van der Waals surface area contributed by atoms with Crippen molar-refractivity contribution in [3.8, 4) is 23.4 Å². The summed E-state index contributed by atoms with van der Waals surface area (Å²) in [5, 5.41) is 0.831. The summed E-state index contributed by atoms with van der Waals surface area (Å²) in [6.45, 7) is 3.81. The molecule has 1 fully saturated rings. The monoisotopic (exact) mass is 487 g/mol. The molecular weight excluding hydrogens is 458 g/mol. The van der Waals surface area contributed by atoms with Crippen LogP contribution in [0.4, 0.5) is 5.69 Å². The number of anilines is 1. The van der Waals surface area contributed by atoms with E-state index >= 15 is 0 Å². The first kappa shape index (κ1) is 23.7. The van der Waals surface area contributed by atoms with E-state index < -0.39 is 0 Å². The summed E-state index contributed by atoms with van der Waals surface area (Å²) in [4.78, 5) is 11.6. The Labute approximate surface area is 210 Å². The highest BCUT2D eigenvalue weighted by molar-refractivity contribution is 5.87. The number of hydrogen-bond donors (Lipinski definition) is 0. The summed E-state index contributed by atoms with van der Waals surface area (Å²) in [7, 11) is 3.30. The summed E-state index contributed by atoms with van der Waals surface area (Å²) >= 11 is 0. The van der Waals surface area contributed by atoms with Gasteiger partial charge in [0.2, 0.25) is 5.88 Å². The molecule has 0 aliphatic carbocycles. The van der Waals surface area contributed by atoms with E-state index in [-0.39, 0.29) is 6.01 Å². The van der Waals surface area contributed by atoms with Crippen molar-refractivity contribution < 1.29 is 23.7 Å². The molecule has 36 heavy (non-hydrogen) atoms. The molecule has 2 heterocycles. The first-order valence-electron chi connectivity index (χ1n) is 11.9. The van der Waals surface area contributed by atoms with Crippen molar-refractivity contribution in [3.05, 3.63) is 77.9 Å². The van der Waals surface area contributed by atoms with E-state index in [4.69, 9.17) is 28.7 Å². The Morgan fingerprint density at radius 3 is 1.97 bits per heavy atom. The molecule has 0 amide bonds. The molecule has 0 radical (unpaired) electrons. The van der Waals surface area contributed by atoms with Gasteiger partial charge in [-0.3, -0.25) is 0 Å². The third-order valence-corrected chi connectivity index (χ3v) is 6.06. The normalized spacial score (nSPS) is 13.4. The molecule has 0 atom stereocenters. The second kappa shape index (κ2) is 11.1. The van der Waals surface area contributed by atoms with Crippen molar-refractivity contribution in [2.45, 2.75) is 13.2 Å². The zero-order chi connectivity index (χ0) is 24.7.